The number of nitrogens with zero attached hydrogens (tertiary/aromatic N) is 2. The molecule has 1 amide bonds. The maximum absolute atomic E-state index is 13.1. The monoisotopic (exact) mass is 356 g/mol. The molecule has 1 aliphatic rings. The van der Waals surface area contributed by atoms with Crippen molar-refractivity contribution in [3.63, 3.8) is 0 Å². The molecule has 2 heterocycles. The first-order valence-electron chi connectivity index (χ1n) is 7.51. The second kappa shape index (κ2) is 7.72. The molecule has 1 atom stereocenters. The van der Waals surface area contributed by atoms with Crippen LogP contribution in [0.4, 0.5) is 8.78 Å². The molecule has 3 rings (SSSR count). The van der Waals surface area contributed by atoms with Crippen LogP contribution < -0.4 is 10.6 Å². The van der Waals surface area contributed by atoms with Gasteiger partial charge in [0, 0.05) is 19.2 Å². The summed E-state index contributed by atoms with van der Waals surface area (Å²) in [6.07, 6.45) is 3.79. The summed E-state index contributed by atoms with van der Waals surface area (Å²) in [6.45, 7) is -0.0437. The highest BCUT2D eigenvalue weighted by molar-refractivity contribution is 5.85. The number of benzene rings is 1. The largest absolute Gasteiger partial charge is 0.354 e. The summed E-state index contributed by atoms with van der Waals surface area (Å²) in [5.41, 5.74) is 1.93. The number of hydrogen-bond donors (Lipinski definition) is 2. The lowest BCUT2D eigenvalue weighted by atomic mass is 10.2. The standard InChI is InChI=1S/C16H18F2N4O.ClH/c17-16(18)8-14(20-11-16)15(23)19-7-6-12-9-21-22(10-12)13-4-2-1-3-5-13;/h1-5,9-10,14,20H,6-8,11H2,(H,19,23);1H. The minimum Gasteiger partial charge on any atom is -0.354 e. The number of carbonyl (C=O) groups is 1. The van der Waals surface area contributed by atoms with Crippen LogP contribution in [-0.4, -0.2) is 40.7 Å². The van der Waals surface area contributed by atoms with Gasteiger partial charge >= 0.3 is 0 Å². The summed E-state index contributed by atoms with van der Waals surface area (Å²) in [6, 6.07) is 8.89. The summed E-state index contributed by atoms with van der Waals surface area (Å²) in [4.78, 5) is 11.8. The van der Waals surface area contributed by atoms with Crippen molar-refractivity contribution in [2.24, 2.45) is 0 Å². The predicted octanol–water partition coefficient (Wildman–Crippen LogP) is 1.95. The summed E-state index contributed by atoms with van der Waals surface area (Å²) in [5.74, 6) is -3.17. The molecule has 24 heavy (non-hydrogen) atoms. The molecule has 0 spiro atoms. The van der Waals surface area contributed by atoms with E-state index in [4.69, 9.17) is 0 Å². The summed E-state index contributed by atoms with van der Waals surface area (Å²) in [7, 11) is 0. The Hall–Kier alpha value is -1.99. The first-order chi connectivity index (χ1) is 11.0. The molecule has 5 nitrogen and oxygen atoms in total. The van der Waals surface area contributed by atoms with E-state index >= 15 is 0 Å². The number of amides is 1. The molecular formula is C16H19ClF2N4O. The second-order valence-corrected chi connectivity index (χ2v) is 5.66. The van der Waals surface area contributed by atoms with Gasteiger partial charge in [0.15, 0.2) is 0 Å². The molecule has 130 valence electrons. The summed E-state index contributed by atoms with van der Waals surface area (Å²) >= 11 is 0. The number of hydrogen-bond acceptors (Lipinski definition) is 3. The maximum atomic E-state index is 13.1. The molecule has 1 saturated heterocycles. The maximum Gasteiger partial charge on any atom is 0.262 e. The molecule has 1 unspecified atom stereocenters. The van der Waals surface area contributed by atoms with E-state index in [0.717, 1.165) is 11.3 Å². The number of nitrogens with one attached hydrogen (secondary N) is 2. The lowest BCUT2D eigenvalue weighted by Crippen LogP contribution is -2.41. The SMILES string of the molecule is Cl.O=C(NCCc1cnn(-c2ccccc2)c1)C1CC(F)(F)CN1. The molecular weight excluding hydrogens is 338 g/mol. The fraction of sp³-hybridized carbons (Fsp3) is 0.375. The zero-order valence-electron chi connectivity index (χ0n) is 12.9. The van der Waals surface area contributed by atoms with Gasteiger partial charge in [0.05, 0.1) is 24.5 Å². The lowest BCUT2D eigenvalue weighted by Gasteiger charge is -2.10. The molecule has 0 aliphatic carbocycles. The molecule has 0 saturated carbocycles. The summed E-state index contributed by atoms with van der Waals surface area (Å²) in [5, 5.41) is 9.50. The minimum absolute atomic E-state index is 0. The van der Waals surface area contributed by atoms with Gasteiger partial charge in [-0.3, -0.25) is 10.1 Å². The molecule has 1 fully saturated rings. The lowest BCUT2D eigenvalue weighted by molar-refractivity contribution is -0.123. The van der Waals surface area contributed by atoms with E-state index in [1.807, 2.05) is 36.5 Å². The Morgan fingerprint density at radius 1 is 1.38 bits per heavy atom. The van der Waals surface area contributed by atoms with E-state index in [1.54, 1.807) is 10.9 Å². The molecule has 0 radical (unpaired) electrons. The third-order valence-electron chi connectivity index (χ3n) is 3.80. The fourth-order valence-corrected chi connectivity index (χ4v) is 2.57. The normalized spacial score (nSPS) is 18.8. The van der Waals surface area contributed by atoms with Crippen molar-refractivity contribution < 1.29 is 13.6 Å². The van der Waals surface area contributed by atoms with E-state index in [1.165, 1.54) is 0 Å². The van der Waals surface area contributed by atoms with Gasteiger partial charge < -0.3 is 5.32 Å². The number of alkyl halides is 2. The molecule has 2 aromatic rings. The average molecular weight is 357 g/mol. The first kappa shape index (κ1) is 18.4. The van der Waals surface area contributed by atoms with E-state index in [0.29, 0.717) is 13.0 Å². The van der Waals surface area contributed by atoms with Gasteiger partial charge in [-0.15, -0.1) is 12.4 Å². The molecule has 0 bridgehead atoms. The van der Waals surface area contributed by atoms with Gasteiger partial charge in [-0.1, -0.05) is 18.2 Å². The van der Waals surface area contributed by atoms with Crippen molar-refractivity contribution >= 4 is 18.3 Å². The van der Waals surface area contributed by atoms with Gasteiger partial charge in [-0.2, -0.15) is 5.10 Å². The van der Waals surface area contributed by atoms with Gasteiger partial charge in [0.25, 0.3) is 5.92 Å². The molecule has 8 heteroatoms. The van der Waals surface area contributed by atoms with Crippen molar-refractivity contribution in [1.29, 1.82) is 0 Å². The van der Waals surface area contributed by atoms with Gasteiger partial charge in [-0.25, -0.2) is 13.5 Å². The molecule has 1 aromatic carbocycles. The molecule has 2 N–H and O–H groups in total. The van der Waals surface area contributed by atoms with Crippen molar-refractivity contribution in [3.05, 3.63) is 48.3 Å². The number of halogens is 3. The Balaban J connectivity index is 0.00000208. The van der Waals surface area contributed by atoms with E-state index in [-0.39, 0.29) is 18.3 Å². The van der Waals surface area contributed by atoms with Crippen LogP contribution in [0.15, 0.2) is 42.7 Å². The van der Waals surface area contributed by atoms with Crippen LogP contribution >= 0.6 is 12.4 Å². The molecule has 1 aromatic heterocycles. The van der Waals surface area contributed by atoms with Crippen LogP contribution in [0.1, 0.15) is 12.0 Å². The average Bonchev–Trinajstić information content (AvgIpc) is 3.14. The van der Waals surface area contributed by atoms with Crippen LogP contribution in [0.5, 0.6) is 0 Å². The third-order valence-corrected chi connectivity index (χ3v) is 3.80. The van der Waals surface area contributed by atoms with Crippen molar-refractivity contribution in [2.45, 2.75) is 24.8 Å². The minimum atomic E-state index is -2.79. The van der Waals surface area contributed by atoms with Crippen molar-refractivity contribution in [2.75, 3.05) is 13.1 Å². The van der Waals surface area contributed by atoms with Gasteiger partial charge in [0.2, 0.25) is 5.91 Å². The second-order valence-electron chi connectivity index (χ2n) is 5.66. The Labute approximate surface area is 144 Å². The van der Waals surface area contributed by atoms with Crippen LogP contribution in [-0.2, 0) is 11.2 Å². The van der Waals surface area contributed by atoms with Crippen LogP contribution in [0, 0.1) is 0 Å². The Kier molecular flexibility index (Phi) is 5.90. The third kappa shape index (κ3) is 4.52. The van der Waals surface area contributed by atoms with Crippen LogP contribution in [0.25, 0.3) is 5.69 Å². The number of carbonyl (C=O) groups excluding carboxylic acids is 1. The van der Waals surface area contributed by atoms with Crippen LogP contribution in [0.3, 0.4) is 0 Å². The fourth-order valence-electron chi connectivity index (χ4n) is 2.57. The Bertz CT molecular complexity index is 678. The number of rotatable bonds is 5. The first-order valence-corrected chi connectivity index (χ1v) is 7.51. The highest BCUT2D eigenvalue weighted by atomic mass is 35.5. The smallest absolute Gasteiger partial charge is 0.262 e. The molecule has 1 aliphatic heterocycles. The van der Waals surface area contributed by atoms with E-state index in [9.17, 15) is 13.6 Å². The number of aromatic nitrogens is 2. The van der Waals surface area contributed by atoms with Crippen LogP contribution in [0.2, 0.25) is 0 Å². The van der Waals surface area contributed by atoms with Crippen molar-refractivity contribution in [3.8, 4) is 5.69 Å². The zero-order chi connectivity index (χ0) is 16.3. The van der Waals surface area contributed by atoms with Crippen molar-refractivity contribution in [1.82, 2.24) is 20.4 Å². The summed E-state index contributed by atoms with van der Waals surface area (Å²) < 4.78 is 27.9. The van der Waals surface area contributed by atoms with Gasteiger partial charge in [0.1, 0.15) is 0 Å². The quantitative estimate of drug-likeness (QED) is 0.861. The topological polar surface area (TPSA) is 59.0 Å². The Morgan fingerprint density at radius 3 is 2.79 bits per heavy atom. The van der Waals surface area contributed by atoms with Gasteiger partial charge in [-0.05, 0) is 24.1 Å². The Morgan fingerprint density at radius 2 is 2.12 bits per heavy atom. The van der Waals surface area contributed by atoms with E-state index < -0.39 is 24.9 Å². The van der Waals surface area contributed by atoms with E-state index in [2.05, 4.69) is 15.7 Å². The number of para-hydroxylation sites is 1. The zero-order valence-corrected chi connectivity index (χ0v) is 13.7. The predicted molar refractivity (Wildman–Crippen MR) is 88.9 cm³/mol. The highest BCUT2D eigenvalue weighted by Crippen LogP contribution is 2.24. The highest BCUT2D eigenvalue weighted by Gasteiger charge is 2.42.